The lowest BCUT2D eigenvalue weighted by molar-refractivity contribution is -0.133. The van der Waals surface area contributed by atoms with Gasteiger partial charge in [0.25, 0.3) is 0 Å². The van der Waals surface area contributed by atoms with Crippen LogP contribution in [-0.2, 0) is 16.1 Å². The summed E-state index contributed by atoms with van der Waals surface area (Å²) in [7, 11) is 0. The molecule has 9 nitrogen and oxygen atoms in total. The summed E-state index contributed by atoms with van der Waals surface area (Å²) in [6, 6.07) is 6.49. The number of piperidine rings is 1. The van der Waals surface area contributed by atoms with Gasteiger partial charge in [-0.1, -0.05) is 20.8 Å². The number of fused-ring (bicyclic) bond motifs is 3. The number of rotatable bonds is 5. The van der Waals surface area contributed by atoms with Crippen LogP contribution in [0, 0.1) is 28.2 Å². The van der Waals surface area contributed by atoms with Gasteiger partial charge in [-0.25, -0.2) is 4.98 Å². The summed E-state index contributed by atoms with van der Waals surface area (Å²) in [4.78, 5) is 37.2. The Balaban J connectivity index is 1.24. The molecule has 3 aliphatic rings. The van der Waals surface area contributed by atoms with Crippen molar-refractivity contribution in [3.63, 3.8) is 0 Å². The molecule has 0 spiro atoms. The van der Waals surface area contributed by atoms with Crippen LogP contribution in [0.15, 0.2) is 29.5 Å². The first-order chi connectivity index (χ1) is 18.1. The zero-order valence-corrected chi connectivity index (χ0v) is 23.0. The Morgan fingerprint density at radius 3 is 2.68 bits per heavy atom. The molecule has 2 bridgehead atoms. The van der Waals surface area contributed by atoms with Crippen LogP contribution >= 0.6 is 0 Å². The predicted molar refractivity (Wildman–Crippen MR) is 146 cm³/mol. The fourth-order valence-electron chi connectivity index (χ4n) is 7.33. The van der Waals surface area contributed by atoms with Crippen LogP contribution in [0.1, 0.15) is 65.4 Å². The molecule has 2 atom stereocenters. The van der Waals surface area contributed by atoms with Crippen LogP contribution in [0.4, 0.5) is 0 Å². The number of aliphatic imine (C=N–C) groups is 1. The molecule has 3 fully saturated rings. The second-order valence-corrected chi connectivity index (χ2v) is 12.6. The number of likely N-dealkylation sites (tertiary alicyclic amines) is 2. The second kappa shape index (κ2) is 10.0. The molecule has 5 rings (SSSR count). The lowest BCUT2D eigenvalue weighted by Crippen LogP contribution is -2.42. The molecule has 2 amide bonds. The minimum Gasteiger partial charge on any atom is -0.354 e. The molecular weight excluding hydrogens is 478 g/mol. The Kier molecular flexibility index (Phi) is 6.93. The van der Waals surface area contributed by atoms with Gasteiger partial charge in [0.1, 0.15) is 5.84 Å². The summed E-state index contributed by atoms with van der Waals surface area (Å²) >= 11 is 0. The number of amidine groups is 1. The summed E-state index contributed by atoms with van der Waals surface area (Å²) in [6.45, 7) is 12.0. The predicted octanol–water partition coefficient (Wildman–Crippen LogP) is 3.54. The van der Waals surface area contributed by atoms with Crippen LogP contribution in [0.3, 0.4) is 0 Å². The molecule has 2 saturated heterocycles. The smallest absolute Gasteiger partial charge is 0.223 e. The van der Waals surface area contributed by atoms with Crippen LogP contribution in [0.2, 0.25) is 0 Å². The number of amides is 2. The number of imidazole rings is 1. The number of benzene rings is 1. The van der Waals surface area contributed by atoms with E-state index in [-0.39, 0.29) is 28.6 Å². The minimum absolute atomic E-state index is 0.0385. The number of hydrogen-bond acceptors (Lipinski definition) is 5. The highest BCUT2D eigenvalue weighted by Crippen LogP contribution is 2.52. The Bertz CT molecular complexity index is 1300. The summed E-state index contributed by atoms with van der Waals surface area (Å²) in [5.41, 5.74) is 3.28. The first-order valence-electron chi connectivity index (χ1n) is 13.8. The fourth-order valence-corrected chi connectivity index (χ4v) is 7.33. The van der Waals surface area contributed by atoms with Gasteiger partial charge in [-0.3, -0.25) is 9.59 Å². The van der Waals surface area contributed by atoms with E-state index in [0.717, 1.165) is 41.8 Å². The number of aromatic nitrogens is 2. The third kappa shape index (κ3) is 5.27. The molecule has 1 aliphatic carbocycles. The standard InChI is InChI=1S/C29H39N7O2/c1-20(37)34-10-7-21(8-11-34)27(38)31-9-12-35-19-33-24-13-22(5-6-25(24)35)26(32-18-30)36-17-29(4)15-23(36)14-28(2,3)16-29/h5-6,13,19,21,23H,7-12,14-17H2,1-4H3,(H,31,38)/b32-26-. The average molecular weight is 518 g/mol. The zero-order valence-electron chi connectivity index (χ0n) is 23.0. The van der Waals surface area contributed by atoms with Crippen molar-refractivity contribution in [2.75, 3.05) is 26.2 Å². The Hall–Kier alpha value is -3.41. The molecule has 1 aromatic heterocycles. The molecule has 2 unspecified atom stereocenters. The van der Waals surface area contributed by atoms with Crippen molar-refractivity contribution in [2.24, 2.45) is 21.7 Å². The fraction of sp³-hybridized carbons (Fsp3) is 0.621. The summed E-state index contributed by atoms with van der Waals surface area (Å²) in [5, 5.41) is 12.6. The number of carbonyl (C=O) groups is 2. The third-order valence-electron chi connectivity index (χ3n) is 8.69. The first kappa shape index (κ1) is 26.2. The second-order valence-electron chi connectivity index (χ2n) is 12.6. The van der Waals surface area contributed by atoms with Crippen LogP contribution in [0.5, 0.6) is 0 Å². The molecule has 1 saturated carbocycles. The molecule has 38 heavy (non-hydrogen) atoms. The molecular formula is C29H39N7O2. The monoisotopic (exact) mass is 517 g/mol. The summed E-state index contributed by atoms with van der Waals surface area (Å²) in [5.74, 6) is 0.846. The van der Waals surface area contributed by atoms with Gasteiger partial charge in [0.15, 0.2) is 0 Å². The Morgan fingerprint density at radius 2 is 1.97 bits per heavy atom. The topological polar surface area (TPSA) is 107 Å². The Labute approximate surface area is 224 Å². The highest BCUT2D eigenvalue weighted by atomic mass is 16.2. The van der Waals surface area contributed by atoms with Gasteiger partial charge in [0.05, 0.1) is 17.4 Å². The van der Waals surface area contributed by atoms with E-state index >= 15 is 0 Å². The lowest BCUT2D eigenvalue weighted by Gasteiger charge is -2.39. The van der Waals surface area contributed by atoms with Gasteiger partial charge in [-0.15, -0.1) is 0 Å². The van der Waals surface area contributed by atoms with Crippen molar-refractivity contribution < 1.29 is 9.59 Å². The van der Waals surface area contributed by atoms with Crippen LogP contribution < -0.4 is 5.32 Å². The molecule has 2 aromatic rings. The van der Waals surface area contributed by atoms with E-state index in [0.29, 0.717) is 45.1 Å². The molecule has 0 radical (unpaired) electrons. The van der Waals surface area contributed by atoms with Gasteiger partial charge < -0.3 is 19.7 Å². The minimum atomic E-state index is -0.0385. The molecule has 2 aliphatic heterocycles. The molecule has 9 heteroatoms. The summed E-state index contributed by atoms with van der Waals surface area (Å²) in [6.07, 6.45) is 8.70. The number of carbonyl (C=O) groups excluding carboxylic acids is 2. The van der Waals surface area contributed by atoms with Crippen molar-refractivity contribution in [3.05, 3.63) is 30.1 Å². The maximum atomic E-state index is 12.6. The van der Waals surface area contributed by atoms with E-state index in [1.165, 1.54) is 6.42 Å². The number of nitrogens with zero attached hydrogens (tertiary/aromatic N) is 6. The van der Waals surface area contributed by atoms with Gasteiger partial charge in [-0.2, -0.15) is 10.3 Å². The van der Waals surface area contributed by atoms with E-state index < -0.39 is 0 Å². The number of hydrogen-bond donors (Lipinski definition) is 1. The molecule has 202 valence electrons. The number of nitriles is 1. The van der Waals surface area contributed by atoms with Crippen molar-refractivity contribution >= 4 is 28.7 Å². The quantitative estimate of drug-likeness (QED) is 0.371. The van der Waals surface area contributed by atoms with Crippen molar-refractivity contribution in [3.8, 4) is 6.19 Å². The summed E-state index contributed by atoms with van der Waals surface area (Å²) < 4.78 is 2.05. The van der Waals surface area contributed by atoms with Crippen molar-refractivity contribution in [2.45, 2.75) is 72.4 Å². The largest absolute Gasteiger partial charge is 0.354 e. The van der Waals surface area contributed by atoms with E-state index in [4.69, 9.17) is 0 Å². The lowest BCUT2D eigenvalue weighted by atomic mass is 9.65. The zero-order chi connectivity index (χ0) is 27.1. The molecule has 1 N–H and O–H groups in total. The maximum absolute atomic E-state index is 12.6. The van der Waals surface area contributed by atoms with E-state index in [1.807, 2.05) is 29.0 Å². The van der Waals surface area contributed by atoms with Crippen molar-refractivity contribution in [1.29, 1.82) is 5.26 Å². The van der Waals surface area contributed by atoms with Gasteiger partial charge in [0.2, 0.25) is 18.0 Å². The van der Waals surface area contributed by atoms with Crippen molar-refractivity contribution in [1.82, 2.24) is 24.7 Å². The first-order valence-corrected chi connectivity index (χ1v) is 13.8. The normalized spacial score (nSPS) is 25.4. The van der Waals surface area contributed by atoms with Crippen LogP contribution in [-0.4, -0.2) is 69.2 Å². The van der Waals surface area contributed by atoms with E-state index in [1.54, 1.807) is 18.2 Å². The Morgan fingerprint density at radius 1 is 1.21 bits per heavy atom. The van der Waals surface area contributed by atoms with Gasteiger partial charge in [-0.05, 0) is 61.1 Å². The van der Waals surface area contributed by atoms with E-state index in [9.17, 15) is 14.9 Å². The molecule has 1 aromatic carbocycles. The van der Waals surface area contributed by atoms with Gasteiger partial charge >= 0.3 is 0 Å². The number of nitrogens with one attached hydrogen (secondary N) is 1. The molecule has 3 heterocycles. The highest BCUT2D eigenvalue weighted by molar-refractivity contribution is 6.02. The third-order valence-corrected chi connectivity index (χ3v) is 8.69. The van der Waals surface area contributed by atoms with E-state index in [2.05, 4.69) is 41.0 Å². The van der Waals surface area contributed by atoms with Crippen LogP contribution in [0.25, 0.3) is 11.0 Å². The average Bonchev–Trinajstić information content (AvgIpc) is 3.38. The van der Waals surface area contributed by atoms with Gasteiger partial charge in [0, 0.05) is 57.2 Å². The highest BCUT2D eigenvalue weighted by Gasteiger charge is 2.50. The SMILES string of the molecule is CC(=O)N1CCC(C(=O)NCCn2cnc3cc(/C(=N/C#N)N4CC5(C)CC4CC(C)(C)C5)ccc32)CC1. The maximum Gasteiger partial charge on any atom is 0.223 e.